The molecule has 0 radical (unpaired) electrons. The van der Waals surface area contributed by atoms with Gasteiger partial charge in [0.1, 0.15) is 17.6 Å². The van der Waals surface area contributed by atoms with Gasteiger partial charge in [0.25, 0.3) is 5.91 Å². The Morgan fingerprint density at radius 2 is 1.82 bits per heavy atom. The quantitative estimate of drug-likeness (QED) is 0.725. The summed E-state index contributed by atoms with van der Waals surface area (Å²) in [5.74, 6) is -0.540. The predicted molar refractivity (Wildman–Crippen MR) is 107 cm³/mol. The van der Waals surface area contributed by atoms with Gasteiger partial charge >= 0.3 is 0 Å². The van der Waals surface area contributed by atoms with E-state index in [1.165, 1.54) is 17.0 Å². The number of halogens is 2. The molecule has 7 heteroatoms. The molecule has 2 aromatic rings. The van der Waals surface area contributed by atoms with E-state index in [9.17, 15) is 14.0 Å². The number of carbonyl (C=O) groups excluding carboxylic acids is 2. The van der Waals surface area contributed by atoms with Gasteiger partial charge in [-0.3, -0.25) is 9.59 Å². The Labute approximate surface area is 169 Å². The van der Waals surface area contributed by atoms with Gasteiger partial charge in [0.15, 0.2) is 6.61 Å². The van der Waals surface area contributed by atoms with Crippen molar-refractivity contribution in [3.63, 3.8) is 0 Å². The molecule has 0 bridgehead atoms. The summed E-state index contributed by atoms with van der Waals surface area (Å²) in [6.45, 7) is 5.25. The van der Waals surface area contributed by atoms with Gasteiger partial charge in [-0.25, -0.2) is 4.39 Å². The maximum Gasteiger partial charge on any atom is 0.261 e. The minimum atomic E-state index is -0.720. The maximum absolute atomic E-state index is 13.2. The third-order valence-electron chi connectivity index (χ3n) is 4.02. The van der Waals surface area contributed by atoms with Crippen LogP contribution in [0.2, 0.25) is 5.02 Å². The standard InChI is InChI=1S/C21H24ClFN2O3/c1-14(2)24-21(27)15(3)25(12-16-7-9-18(23)10-8-16)20(26)13-28-19-6-4-5-17(22)11-19/h4-11,14-15H,12-13H2,1-3H3,(H,24,27)/t15-/m0/s1. The first-order valence-corrected chi connectivity index (χ1v) is 9.36. The molecular weight excluding hydrogens is 383 g/mol. The van der Waals surface area contributed by atoms with E-state index in [4.69, 9.17) is 16.3 Å². The van der Waals surface area contributed by atoms with Gasteiger partial charge in [0.05, 0.1) is 0 Å². The monoisotopic (exact) mass is 406 g/mol. The molecule has 0 fully saturated rings. The summed E-state index contributed by atoms with van der Waals surface area (Å²) < 4.78 is 18.7. The second-order valence-corrected chi connectivity index (χ2v) is 7.17. The van der Waals surface area contributed by atoms with Crippen molar-refractivity contribution in [2.24, 2.45) is 0 Å². The highest BCUT2D eigenvalue weighted by molar-refractivity contribution is 6.30. The zero-order valence-electron chi connectivity index (χ0n) is 16.1. The van der Waals surface area contributed by atoms with Crippen molar-refractivity contribution in [1.82, 2.24) is 10.2 Å². The van der Waals surface area contributed by atoms with Crippen LogP contribution in [0.4, 0.5) is 4.39 Å². The molecule has 2 rings (SSSR count). The van der Waals surface area contributed by atoms with Crippen molar-refractivity contribution in [1.29, 1.82) is 0 Å². The molecule has 0 aliphatic heterocycles. The fourth-order valence-corrected chi connectivity index (χ4v) is 2.74. The lowest BCUT2D eigenvalue weighted by Crippen LogP contribution is -2.50. The first kappa shape index (κ1) is 21.7. The Hall–Kier alpha value is -2.60. The van der Waals surface area contributed by atoms with Crippen LogP contribution in [-0.2, 0) is 16.1 Å². The highest BCUT2D eigenvalue weighted by Gasteiger charge is 2.26. The van der Waals surface area contributed by atoms with Crippen LogP contribution in [0.1, 0.15) is 26.3 Å². The summed E-state index contributed by atoms with van der Waals surface area (Å²) in [5.41, 5.74) is 0.710. The fraction of sp³-hybridized carbons (Fsp3) is 0.333. The van der Waals surface area contributed by atoms with Gasteiger partial charge in [-0.2, -0.15) is 0 Å². The van der Waals surface area contributed by atoms with E-state index < -0.39 is 6.04 Å². The third kappa shape index (κ3) is 6.53. The molecule has 28 heavy (non-hydrogen) atoms. The van der Waals surface area contributed by atoms with Crippen molar-refractivity contribution in [3.05, 3.63) is 64.9 Å². The van der Waals surface area contributed by atoms with E-state index in [1.54, 1.807) is 43.3 Å². The molecule has 0 heterocycles. The summed E-state index contributed by atoms with van der Waals surface area (Å²) >= 11 is 5.92. The van der Waals surface area contributed by atoms with Gasteiger partial charge in [-0.1, -0.05) is 29.8 Å². The number of rotatable bonds is 8. The normalized spacial score (nSPS) is 11.8. The number of nitrogens with one attached hydrogen (secondary N) is 1. The Balaban J connectivity index is 2.14. The third-order valence-corrected chi connectivity index (χ3v) is 4.26. The van der Waals surface area contributed by atoms with Crippen LogP contribution < -0.4 is 10.1 Å². The number of ether oxygens (including phenoxy) is 1. The van der Waals surface area contributed by atoms with E-state index in [0.29, 0.717) is 16.3 Å². The second kappa shape index (κ2) is 10.1. The first-order valence-electron chi connectivity index (χ1n) is 8.99. The number of hydrogen-bond donors (Lipinski definition) is 1. The SMILES string of the molecule is CC(C)NC(=O)[C@H](C)N(Cc1ccc(F)cc1)C(=O)COc1cccc(Cl)c1. The van der Waals surface area contributed by atoms with E-state index >= 15 is 0 Å². The zero-order chi connectivity index (χ0) is 20.7. The number of benzene rings is 2. The van der Waals surface area contributed by atoms with Gasteiger partial charge in [0.2, 0.25) is 5.91 Å². The molecule has 1 atom stereocenters. The first-order chi connectivity index (χ1) is 13.3. The molecule has 0 saturated heterocycles. The maximum atomic E-state index is 13.2. The lowest BCUT2D eigenvalue weighted by atomic mass is 10.1. The summed E-state index contributed by atoms with van der Waals surface area (Å²) in [5, 5.41) is 3.30. The summed E-state index contributed by atoms with van der Waals surface area (Å²) in [6, 6.07) is 11.8. The molecular formula is C21H24ClFN2O3. The van der Waals surface area contributed by atoms with Crippen molar-refractivity contribution in [2.45, 2.75) is 39.4 Å². The lowest BCUT2D eigenvalue weighted by Gasteiger charge is -2.29. The van der Waals surface area contributed by atoms with Crippen molar-refractivity contribution >= 4 is 23.4 Å². The molecule has 0 aliphatic rings. The van der Waals surface area contributed by atoms with E-state index in [1.807, 2.05) is 13.8 Å². The number of carbonyl (C=O) groups is 2. The van der Waals surface area contributed by atoms with E-state index in [0.717, 1.165) is 0 Å². The molecule has 2 amide bonds. The van der Waals surface area contributed by atoms with Gasteiger partial charge < -0.3 is 15.0 Å². The number of nitrogens with zero attached hydrogens (tertiary/aromatic N) is 1. The van der Waals surface area contributed by atoms with Crippen molar-refractivity contribution in [2.75, 3.05) is 6.61 Å². The van der Waals surface area contributed by atoms with Crippen LogP contribution in [0.15, 0.2) is 48.5 Å². The molecule has 1 N–H and O–H groups in total. The molecule has 5 nitrogen and oxygen atoms in total. The Kier molecular flexibility index (Phi) is 7.81. The molecule has 0 spiro atoms. The van der Waals surface area contributed by atoms with Crippen LogP contribution >= 0.6 is 11.6 Å². The minimum absolute atomic E-state index is 0.0552. The van der Waals surface area contributed by atoms with Crippen molar-refractivity contribution in [3.8, 4) is 5.75 Å². The average Bonchev–Trinajstić information content (AvgIpc) is 2.64. The second-order valence-electron chi connectivity index (χ2n) is 6.73. The van der Waals surface area contributed by atoms with Gasteiger partial charge in [0, 0.05) is 17.6 Å². The van der Waals surface area contributed by atoms with Crippen LogP contribution in [0.5, 0.6) is 5.75 Å². The lowest BCUT2D eigenvalue weighted by molar-refractivity contribution is -0.142. The molecule has 0 saturated carbocycles. The van der Waals surface area contributed by atoms with Gasteiger partial charge in [-0.15, -0.1) is 0 Å². The Bertz CT molecular complexity index is 812. The highest BCUT2D eigenvalue weighted by Crippen LogP contribution is 2.18. The minimum Gasteiger partial charge on any atom is -0.484 e. The molecule has 0 unspecified atom stereocenters. The van der Waals surface area contributed by atoms with Crippen LogP contribution in [-0.4, -0.2) is 35.4 Å². The summed E-state index contributed by atoms with van der Waals surface area (Å²) in [4.78, 5) is 26.7. The molecule has 0 aromatic heterocycles. The van der Waals surface area contributed by atoms with E-state index in [-0.39, 0.29) is 36.8 Å². The predicted octanol–water partition coefficient (Wildman–Crippen LogP) is 3.80. The fourth-order valence-electron chi connectivity index (χ4n) is 2.56. The highest BCUT2D eigenvalue weighted by atomic mass is 35.5. The Morgan fingerprint density at radius 3 is 2.43 bits per heavy atom. The average molecular weight is 407 g/mol. The van der Waals surface area contributed by atoms with E-state index in [2.05, 4.69) is 5.32 Å². The Morgan fingerprint density at radius 1 is 1.14 bits per heavy atom. The van der Waals surface area contributed by atoms with Crippen LogP contribution in [0.3, 0.4) is 0 Å². The topological polar surface area (TPSA) is 58.6 Å². The summed E-state index contributed by atoms with van der Waals surface area (Å²) in [6.07, 6.45) is 0. The largest absolute Gasteiger partial charge is 0.484 e. The van der Waals surface area contributed by atoms with Gasteiger partial charge in [-0.05, 0) is 56.7 Å². The van der Waals surface area contributed by atoms with Crippen molar-refractivity contribution < 1.29 is 18.7 Å². The van der Waals surface area contributed by atoms with Crippen LogP contribution in [0.25, 0.3) is 0 Å². The smallest absolute Gasteiger partial charge is 0.261 e. The number of amides is 2. The molecule has 2 aromatic carbocycles. The number of hydrogen-bond acceptors (Lipinski definition) is 3. The zero-order valence-corrected chi connectivity index (χ0v) is 16.9. The van der Waals surface area contributed by atoms with Crippen LogP contribution in [0, 0.1) is 5.82 Å². The summed E-state index contributed by atoms with van der Waals surface area (Å²) in [7, 11) is 0. The molecule has 0 aliphatic carbocycles. The molecule has 150 valence electrons.